The van der Waals surface area contributed by atoms with E-state index in [1.165, 1.54) is 0 Å². The van der Waals surface area contributed by atoms with Crippen molar-refractivity contribution >= 4 is 16.8 Å². The van der Waals surface area contributed by atoms with Crippen molar-refractivity contribution in [1.82, 2.24) is 15.2 Å². The van der Waals surface area contributed by atoms with Crippen molar-refractivity contribution < 1.29 is 4.79 Å². The Bertz CT molecular complexity index is 719. The predicted octanol–water partition coefficient (Wildman–Crippen LogP) is 1.45. The summed E-state index contributed by atoms with van der Waals surface area (Å²) < 4.78 is 0. The molecule has 2 aromatic rings. The van der Waals surface area contributed by atoms with Crippen LogP contribution in [0.3, 0.4) is 0 Å². The number of para-hydroxylation sites is 1. The first kappa shape index (κ1) is 16.2. The molecule has 0 saturated carbocycles. The Kier molecular flexibility index (Phi) is 5.33. The average molecular weight is 301 g/mol. The Morgan fingerprint density at radius 2 is 2.09 bits per heavy atom. The zero-order chi connectivity index (χ0) is 16.1. The van der Waals surface area contributed by atoms with Gasteiger partial charge in [0.1, 0.15) is 0 Å². The molecule has 0 atom stereocenters. The highest BCUT2D eigenvalue weighted by Gasteiger charge is 2.07. The zero-order valence-corrected chi connectivity index (χ0v) is 13.4. The Hall–Kier alpha value is -2.14. The minimum absolute atomic E-state index is 0.0226. The number of hydrogen-bond donors (Lipinski definition) is 2. The van der Waals surface area contributed by atoms with E-state index in [-0.39, 0.29) is 11.5 Å². The molecule has 2 rings (SSSR count). The number of hydrogen-bond acceptors (Lipinski definition) is 3. The van der Waals surface area contributed by atoms with Gasteiger partial charge in [0.2, 0.25) is 5.91 Å². The van der Waals surface area contributed by atoms with E-state index >= 15 is 0 Å². The van der Waals surface area contributed by atoms with Gasteiger partial charge in [0.05, 0.1) is 5.52 Å². The lowest BCUT2D eigenvalue weighted by atomic mass is 10.1. The molecular formula is C17H23N3O2. The molecule has 0 fully saturated rings. The summed E-state index contributed by atoms with van der Waals surface area (Å²) in [5.41, 5.74) is 2.46. The number of fused-ring (bicyclic) bond motifs is 1. The number of carbonyl (C=O) groups excluding carboxylic acids is 1. The van der Waals surface area contributed by atoms with Gasteiger partial charge in [0.25, 0.3) is 5.56 Å². The topological polar surface area (TPSA) is 65.2 Å². The fourth-order valence-corrected chi connectivity index (χ4v) is 2.37. The fraction of sp³-hybridized carbons (Fsp3) is 0.412. The largest absolute Gasteiger partial charge is 0.355 e. The van der Waals surface area contributed by atoms with Crippen LogP contribution in [0.25, 0.3) is 10.9 Å². The second-order valence-electron chi connectivity index (χ2n) is 5.82. The Morgan fingerprint density at radius 3 is 2.82 bits per heavy atom. The summed E-state index contributed by atoms with van der Waals surface area (Å²) in [5.74, 6) is -0.0226. The molecule has 1 amide bonds. The zero-order valence-electron chi connectivity index (χ0n) is 13.4. The molecule has 1 heterocycles. The molecule has 0 unspecified atom stereocenters. The van der Waals surface area contributed by atoms with Crippen LogP contribution in [0, 0.1) is 6.92 Å². The van der Waals surface area contributed by atoms with Gasteiger partial charge in [0.15, 0.2) is 0 Å². The third-order valence-corrected chi connectivity index (χ3v) is 3.67. The maximum atomic E-state index is 12.1. The number of H-pyrrole nitrogens is 1. The van der Waals surface area contributed by atoms with E-state index in [1.807, 2.05) is 50.2 Å². The number of rotatable bonds is 6. The van der Waals surface area contributed by atoms with Gasteiger partial charge in [-0.1, -0.05) is 18.2 Å². The summed E-state index contributed by atoms with van der Waals surface area (Å²) in [5, 5.41) is 3.86. The van der Waals surface area contributed by atoms with Crippen molar-refractivity contribution in [3.8, 4) is 0 Å². The lowest BCUT2D eigenvalue weighted by Gasteiger charge is -2.10. The van der Waals surface area contributed by atoms with E-state index in [1.54, 1.807) is 0 Å². The second-order valence-corrected chi connectivity index (χ2v) is 5.82. The molecule has 1 aromatic heterocycles. The minimum atomic E-state index is -0.108. The van der Waals surface area contributed by atoms with Gasteiger partial charge in [0, 0.05) is 25.1 Å². The third-order valence-electron chi connectivity index (χ3n) is 3.67. The number of nitrogens with one attached hydrogen (secondary N) is 2. The summed E-state index contributed by atoms with van der Waals surface area (Å²) in [6.45, 7) is 3.40. The van der Waals surface area contributed by atoms with Crippen LogP contribution < -0.4 is 10.9 Å². The number of likely N-dealkylation sites (N-methyl/N-ethyl adjacent to an activating group) is 1. The first-order valence-corrected chi connectivity index (χ1v) is 7.50. The molecule has 0 aliphatic carbocycles. The van der Waals surface area contributed by atoms with Gasteiger partial charge < -0.3 is 15.2 Å². The predicted molar refractivity (Wildman–Crippen MR) is 89.2 cm³/mol. The summed E-state index contributed by atoms with van der Waals surface area (Å²) in [6, 6.07) is 7.79. The van der Waals surface area contributed by atoms with Crippen LogP contribution in [0.15, 0.2) is 29.1 Å². The molecule has 5 heteroatoms. The molecule has 2 N–H and O–H groups in total. The SMILES string of the molecule is Cc1cccc2cc(CCC(=O)NCCN(C)C)c(=O)[nH]c12. The van der Waals surface area contributed by atoms with Crippen LogP contribution in [0.2, 0.25) is 0 Å². The van der Waals surface area contributed by atoms with E-state index in [0.717, 1.165) is 23.0 Å². The lowest BCUT2D eigenvalue weighted by molar-refractivity contribution is -0.121. The third kappa shape index (κ3) is 4.18. The van der Waals surface area contributed by atoms with Crippen LogP contribution >= 0.6 is 0 Å². The highest BCUT2D eigenvalue weighted by molar-refractivity contribution is 5.82. The number of aromatic amines is 1. The lowest BCUT2D eigenvalue weighted by Crippen LogP contribution is -2.31. The first-order chi connectivity index (χ1) is 10.5. The maximum Gasteiger partial charge on any atom is 0.251 e. The summed E-state index contributed by atoms with van der Waals surface area (Å²) in [6.07, 6.45) is 0.779. The van der Waals surface area contributed by atoms with E-state index in [4.69, 9.17) is 0 Å². The quantitative estimate of drug-likeness (QED) is 0.848. The smallest absolute Gasteiger partial charge is 0.251 e. The number of amides is 1. The van der Waals surface area contributed by atoms with Crippen molar-refractivity contribution in [2.75, 3.05) is 27.2 Å². The Balaban J connectivity index is 2.01. The molecule has 0 bridgehead atoms. The molecule has 0 aliphatic heterocycles. The van der Waals surface area contributed by atoms with Gasteiger partial charge in [-0.25, -0.2) is 0 Å². The van der Waals surface area contributed by atoms with Crippen molar-refractivity contribution in [3.63, 3.8) is 0 Å². The normalized spacial score (nSPS) is 11.1. The fourth-order valence-electron chi connectivity index (χ4n) is 2.37. The molecule has 1 aromatic carbocycles. The number of benzene rings is 1. The van der Waals surface area contributed by atoms with Crippen LogP contribution in [-0.2, 0) is 11.2 Å². The van der Waals surface area contributed by atoms with Crippen molar-refractivity contribution in [3.05, 3.63) is 45.7 Å². The minimum Gasteiger partial charge on any atom is -0.355 e. The van der Waals surface area contributed by atoms with E-state index in [0.29, 0.717) is 24.9 Å². The summed E-state index contributed by atoms with van der Waals surface area (Å²) in [7, 11) is 3.92. The molecular weight excluding hydrogens is 278 g/mol. The van der Waals surface area contributed by atoms with Crippen LogP contribution in [-0.4, -0.2) is 43.0 Å². The number of nitrogens with zero attached hydrogens (tertiary/aromatic N) is 1. The van der Waals surface area contributed by atoms with Gasteiger partial charge in [-0.05, 0) is 44.5 Å². The van der Waals surface area contributed by atoms with Crippen LogP contribution in [0.5, 0.6) is 0 Å². The highest BCUT2D eigenvalue weighted by Crippen LogP contribution is 2.15. The maximum absolute atomic E-state index is 12.1. The molecule has 5 nitrogen and oxygen atoms in total. The van der Waals surface area contributed by atoms with Gasteiger partial charge in [-0.15, -0.1) is 0 Å². The highest BCUT2D eigenvalue weighted by atomic mass is 16.1. The van der Waals surface area contributed by atoms with Crippen molar-refractivity contribution in [2.24, 2.45) is 0 Å². The second kappa shape index (κ2) is 7.22. The van der Waals surface area contributed by atoms with Gasteiger partial charge in [-0.3, -0.25) is 9.59 Å². The van der Waals surface area contributed by atoms with E-state index in [9.17, 15) is 9.59 Å². The molecule has 0 saturated heterocycles. The van der Waals surface area contributed by atoms with E-state index in [2.05, 4.69) is 10.3 Å². The van der Waals surface area contributed by atoms with Gasteiger partial charge in [-0.2, -0.15) is 0 Å². The summed E-state index contributed by atoms with van der Waals surface area (Å²) >= 11 is 0. The number of carbonyl (C=O) groups is 1. The molecule has 0 aliphatic rings. The molecule has 0 radical (unpaired) electrons. The molecule has 22 heavy (non-hydrogen) atoms. The van der Waals surface area contributed by atoms with Gasteiger partial charge >= 0.3 is 0 Å². The first-order valence-electron chi connectivity index (χ1n) is 7.50. The molecule has 0 spiro atoms. The monoisotopic (exact) mass is 301 g/mol. The number of aromatic nitrogens is 1. The number of pyridine rings is 1. The average Bonchev–Trinajstić information content (AvgIpc) is 2.46. The number of aryl methyl sites for hydroxylation is 2. The van der Waals surface area contributed by atoms with Crippen LogP contribution in [0.4, 0.5) is 0 Å². The standard InChI is InChI=1S/C17H23N3O2/c1-12-5-4-6-13-11-14(17(22)19-16(12)13)7-8-15(21)18-9-10-20(2)3/h4-6,11H,7-10H2,1-3H3,(H,18,21)(H,19,22). The van der Waals surface area contributed by atoms with Crippen LogP contribution in [0.1, 0.15) is 17.5 Å². The van der Waals surface area contributed by atoms with Crippen molar-refractivity contribution in [2.45, 2.75) is 19.8 Å². The Labute approximate surface area is 130 Å². The van der Waals surface area contributed by atoms with Crippen molar-refractivity contribution in [1.29, 1.82) is 0 Å². The Morgan fingerprint density at radius 1 is 1.32 bits per heavy atom. The van der Waals surface area contributed by atoms with E-state index < -0.39 is 0 Å². The molecule has 118 valence electrons. The summed E-state index contributed by atoms with van der Waals surface area (Å²) in [4.78, 5) is 28.8.